The van der Waals surface area contributed by atoms with E-state index in [0.717, 1.165) is 25.7 Å². The molecule has 1 aliphatic carbocycles. The summed E-state index contributed by atoms with van der Waals surface area (Å²) in [5.74, 6) is -0.0503. The van der Waals surface area contributed by atoms with E-state index >= 15 is 0 Å². The number of halogens is 1. The molecule has 29 heavy (non-hydrogen) atoms. The van der Waals surface area contributed by atoms with E-state index in [1.54, 1.807) is 0 Å². The SMILES string of the molecule is CCN(CC)S(=O)(=O)N1CCN([n+]2noc(N=C([O-])C3CCCCC3)c2Br)CC1. The van der Waals surface area contributed by atoms with E-state index in [2.05, 4.69) is 26.2 Å². The Bertz CT molecular complexity index is 812. The van der Waals surface area contributed by atoms with Gasteiger partial charge in [0.25, 0.3) is 10.2 Å². The highest BCUT2D eigenvalue weighted by atomic mass is 79.9. The zero-order valence-electron chi connectivity index (χ0n) is 17.0. The molecular weight excluding hydrogens is 464 g/mol. The number of rotatable bonds is 7. The van der Waals surface area contributed by atoms with E-state index in [0.29, 0.717) is 43.9 Å². The lowest BCUT2D eigenvalue weighted by Gasteiger charge is -2.32. The van der Waals surface area contributed by atoms with Crippen LogP contribution in [0.1, 0.15) is 46.0 Å². The van der Waals surface area contributed by atoms with Crippen molar-refractivity contribution in [3.63, 3.8) is 0 Å². The van der Waals surface area contributed by atoms with Crippen LogP contribution < -0.4 is 14.9 Å². The maximum absolute atomic E-state index is 12.7. The summed E-state index contributed by atoms with van der Waals surface area (Å²) in [6.45, 7) is 6.15. The van der Waals surface area contributed by atoms with E-state index in [1.165, 1.54) is 19.8 Å². The molecule has 0 spiro atoms. The van der Waals surface area contributed by atoms with Crippen LogP contribution in [-0.4, -0.2) is 67.5 Å². The van der Waals surface area contributed by atoms with Gasteiger partial charge < -0.3 is 5.11 Å². The van der Waals surface area contributed by atoms with Gasteiger partial charge in [0.1, 0.15) is 0 Å². The van der Waals surface area contributed by atoms with E-state index in [4.69, 9.17) is 4.52 Å². The standard InChI is InChI=1S/C17H29BrN6O4S/c1-3-22(4-2)29(26,27)23-12-10-21(11-13-23)24-15(18)17(28-20-24)19-16(25)14-8-6-5-7-9-14/h14H,3-13H2,1-2H3. The van der Waals surface area contributed by atoms with Crippen molar-refractivity contribution in [3.05, 3.63) is 4.60 Å². The third-order valence-electron chi connectivity index (χ3n) is 5.56. The summed E-state index contributed by atoms with van der Waals surface area (Å²) in [7, 11) is -3.45. The van der Waals surface area contributed by atoms with Crippen LogP contribution in [0, 0.1) is 5.92 Å². The molecule has 0 unspecified atom stereocenters. The predicted molar refractivity (Wildman–Crippen MR) is 109 cm³/mol. The molecule has 0 radical (unpaired) electrons. The van der Waals surface area contributed by atoms with Crippen LogP contribution in [-0.2, 0) is 10.2 Å². The van der Waals surface area contributed by atoms with Crippen molar-refractivity contribution in [2.75, 3.05) is 44.3 Å². The van der Waals surface area contributed by atoms with Gasteiger partial charge in [-0.05, 0) is 24.7 Å². The lowest BCUT2D eigenvalue weighted by molar-refractivity contribution is -0.768. The molecule has 2 aliphatic rings. The van der Waals surface area contributed by atoms with Gasteiger partial charge in [0.05, 0.1) is 17.9 Å². The minimum Gasteiger partial charge on any atom is -0.861 e. The number of hydrogen-bond acceptors (Lipinski definition) is 7. The zero-order valence-corrected chi connectivity index (χ0v) is 19.4. The lowest BCUT2D eigenvalue weighted by atomic mass is 9.89. The van der Waals surface area contributed by atoms with E-state index in [9.17, 15) is 13.5 Å². The third kappa shape index (κ3) is 4.92. The number of aromatic nitrogens is 2. The first-order valence-electron chi connectivity index (χ1n) is 10.2. The maximum atomic E-state index is 12.7. The summed E-state index contributed by atoms with van der Waals surface area (Å²) in [6.07, 6.45) is 5.04. The van der Waals surface area contributed by atoms with E-state index in [1.807, 2.05) is 18.9 Å². The summed E-state index contributed by atoms with van der Waals surface area (Å²) < 4.78 is 34.0. The highest BCUT2D eigenvalue weighted by Crippen LogP contribution is 2.27. The Balaban J connectivity index is 1.66. The Morgan fingerprint density at radius 2 is 1.86 bits per heavy atom. The molecule has 1 aromatic rings. The Morgan fingerprint density at radius 1 is 1.24 bits per heavy atom. The molecule has 2 heterocycles. The molecule has 0 aromatic carbocycles. The van der Waals surface area contributed by atoms with Gasteiger partial charge >= 0.3 is 10.5 Å². The first kappa shape index (κ1) is 22.4. The number of piperazine rings is 1. The summed E-state index contributed by atoms with van der Waals surface area (Å²) in [5.41, 5.74) is 0. The molecule has 164 valence electrons. The average molecular weight is 493 g/mol. The lowest BCUT2D eigenvalue weighted by Crippen LogP contribution is -2.67. The zero-order chi connectivity index (χ0) is 21.0. The molecule has 3 rings (SSSR count). The van der Waals surface area contributed by atoms with Crippen LogP contribution in [0.4, 0.5) is 5.88 Å². The predicted octanol–water partition coefficient (Wildman–Crippen LogP) is 0.535. The van der Waals surface area contributed by atoms with Crippen molar-refractivity contribution >= 4 is 37.9 Å². The molecule has 12 heteroatoms. The van der Waals surface area contributed by atoms with Crippen molar-refractivity contribution < 1.29 is 22.8 Å². The van der Waals surface area contributed by atoms with Crippen molar-refractivity contribution in [2.45, 2.75) is 46.0 Å². The first-order chi connectivity index (χ1) is 13.9. The Hall–Kier alpha value is -1.24. The monoisotopic (exact) mass is 492 g/mol. The molecule has 1 aliphatic heterocycles. The Kier molecular flexibility index (Phi) is 7.52. The molecule has 1 aromatic heterocycles. The Morgan fingerprint density at radius 3 is 2.45 bits per heavy atom. The summed E-state index contributed by atoms with van der Waals surface area (Å²) in [5, 5.41) is 18.3. The number of hydrogen-bond donors (Lipinski definition) is 0. The summed E-state index contributed by atoms with van der Waals surface area (Å²) in [6, 6.07) is 0. The van der Waals surface area contributed by atoms with Crippen LogP contribution in [0.25, 0.3) is 0 Å². The second-order valence-electron chi connectivity index (χ2n) is 7.29. The van der Waals surface area contributed by atoms with E-state index in [-0.39, 0.29) is 17.7 Å². The highest BCUT2D eigenvalue weighted by molar-refractivity contribution is 9.10. The normalized spacial score (nSPS) is 20.6. The van der Waals surface area contributed by atoms with Crippen LogP contribution in [0.15, 0.2) is 14.1 Å². The largest absolute Gasteiger partial charge is 0.861 e. The first-order valence-corrected chi connectivity index (χ1v) is 12.4. The van der Waals surface area contributed by atoms with Crippen molar-refractivity contribution in [2.24, 2.45) is 10.9 Å². The van der Waals surface area contributed by atoms with Gasteiger partial charge in [-0.3, -0.25) is 4.52 Å². The van der Waals surface area contributed by atoms with Gasteiger partial charge in [-0.2, -0.15) is 17.0 Å². The van der Waals surface area contributed by atoms with Gasteiger partial charge in [0.2, 0.25) is 5.27 Å². The van der Waals surface area contributed by atoms with Crippen LogP contribution in [0.5, 0.6) is 0 Å². The minimum absolute atomic E-state index is 0.0389. The van der Waals surface area contributed by atoms with Gasteiger partial charge in [-0.1, -0.05) is 33.1 Å². The van der Waals surface area contributed by atoms with E-state index < -0.39 is 10.2 Å². The summed E-state index contributed by atoms with van der Waals surface area (Å²) >= 11 is 3.42. The van der Waals surface area contributed by atoms with Crippen molar-refractivity contribution in [1.29, 1.82) is 0 Å². The number of nitrogens with zero attached hydrogens (tertiary/aromatic N) is 6. The van der Waals surface area contributed by atoms with Gasteiger partial charge in [0.15, 0.2) is 0 Å². The molecule has 2 fully saturated rings. The molecule has 1 saturated carbocycles. The highest BCUT2D eigenvalue weighted by Gasteiger charge is 2.36. The van der Waals surface area contributed by atoms with Gasteiger partial charge in [-0.15, -0.1) is 5.01 Å². The fourth-order valence-electron chi connectivity index (χ4n) is 3.83. The van der Waals surface area contributed by atoms with Crippen molar-refractivity contribution in [3.8, 4) is 0 Å². The molecule has 0 amide bonds. The fraction of sp³-hybridized carbons (Fsp3) is 0.824. The molecule has 0 N–H and O–H groups in total. The van der Waals surface area contributed by atoms with Crippen molar-refractivity contribution in [1.82, 2.24) is 13.9 Å². The Labute approximate surface area is 180 Å². The van der Waals surface area contributed by atoms with Crippen LogP contribution in [0.3, 0.4) is 0 Å². The van der Waals surface area contributed by atoms with Gasteiger partial charge in [-0.25, -0.2) is 4.99 Å². The summed E-state index contributed by atoms with van der Waals surface area (Å²) in [4.78, 5) is 5.63. The smallest absolute Gasteiger partial charge is 0.374 e. The molecular formula is C17H29BrN6O4S. The average Bonchev–Trinajstić information content (AvgIpc) is 3.09. The molecule has 0 bridgehead atoms. The van der Waals surface area contributed by atoms with Crippen LogP contribution >= 0.6 is 15.9 Å². The molecule has 10 nitrogen and oxygen atoms in total. The molecule has 0 atom stereocenters. The fourth-order valence-corrected chi connectivity index (χ4v) is 5.88. The quantitative estimate of drug-likeness (QED) is 0.312. The van der Waals surface area contributed by atoms with Gasteiger partial charge in [0, 0.05) is 42.1 Å². The minimum atomic E-state index is -3.45. The number of aliphatic imine (C=N–C) groups is 1. The second-order valence-corrected chi connectivity index (χ2v) is 9.97. The maximum Gasteiger partial charge on any atom is 0.374 e. The second kappa shape index (κ2) is 9.71. The topological polar surface area (TPSA) is 109 Å². The third-order valence-corrected chi connectivity index (χ3v) is 8.41. The molecule has 1 saturated heterocycles. The van der Waals surface area contributed by atoms with Crippen LogP contribution in [0.2, 0.25) is 0 Å².